The van der Waals surface area contributed by atoms with Gasteiger partial charge in [-0.2, -0.15) is 0 Å². The fraction of sp³-hybridized carbons (Fsp3) is 0.318. The monoisotopic (exact) mass is 382 g/mol. The van der Waals surface area contributed by atoms with Crippen molar-refractivity contribution in [2.45, 2.75) is 33.4 Å². The van der Waals surface area contributed by atoms with Crippen molar-refractivity contribution in [2.24, 2.45) is 0 Å². The van der Waals surface area contributed by atoms with Crippen LogP contribution in [0.5, 0.6) is 0 Å². The summed E-state index contributed by atoms with van der Waals surface area (Å²) in [6.45, 7) is 6.71. The van der Waals surface area contributed by atoms with Crippen molar-refractivity contribution in [1.29, 1.82) is 0 Å². The van der Waals surface area contributed by atoms with Crippen LogP contribution in [-0.4, -0.2) is 51.8 Å². The molecule has 0 aromatic heterocycles. The van der Waals surface area contributed by atoms with Crippen LogP contribution in [0.2, 0.25) is 0 Å². The maximum absolute atomic E-state index is 13.0. The van der Waals surface area contributed by atoms with Crippen LogP contribution in [0, 0.1) is 0 Å². The molecule has 0 aliphatic heterocycles. The van der Waals surface area contributed by atoms with Gasteiger partial charge in [-0.15, -0.1) is 0 Å². The molecule has 0 saturated carbocycles. The third-order valence-electron chi connectivity index (χ3n) is 4.71. The lowest BCUT2D eigenvalue weighted by molar-refractivity contribution is -0.141. The number of benzene rings is 2. The fourth-order valence-corrected chi connectivity index (χ4v) is 2.91. The summed E-state index contributed by atoms with van der Waals surface area (Å²) in [5.74, 6) is -1.55. The van der Waals surface area contributed by atoms with E-state index in [0.717, 1.165) is 5.56 Å². The van der Waals surface area contributed by atoms with Crippen molar-refractivity contribution in [3.8, 4) is 0 Å². The second-order valence-corrected chi connectivity index (χ2v) is 6.49. The molecule has 2 amide bonds. The zero-order chi connectivity index (χ0) is 20.7. The molecule has 0 saturated heterocycles. The second-order valence-electron chi connectivity index (χ2n) is 6.49. The number of carboxylic acid groups (broad SMARTS) is 1. The van der Waals surface area contributed by atoms with Gasteiger partial charge < -0.3 is 14.9 Å². The normalized spacial score (nSPS) is 11.5. The highest BCUT2D eigenvalue weighted by atomic mass is 16.4. The zero-order valence-electron chi connectivity index (χ0n) is 16.5. The van der Waals surface area contributed by atoms with Gasteiger partial charge >= 0.3 is 5.97 Å². The summed E-state index contributed by atoms with van der Waals surface area (Å²) in [5, 5.41) is 9.41. The molecule has 1 atom stereocenters. The minimum absolute atomic E-state index is 0.0935. The SMILES string of the molecule is CCN(CC)C(=O)c1ccc(C(=O)N(Cc2ccccc2)C(C)C(=O)O)cc1. The number of amides is 2. The summed E-state index contributed by atoms with van der Waals surface area (Å²) in [6, 6.07) is 14.6. The molecule has 28 heavy (non-hydrogen) atoms. The third kappa shape index (κ3) is 4.97. The van der Waals surface area contributed by atoms with Crippen molar-refractivity contribution >= 4 is 17.8 Å². The van der Waals surface area contributed by atoms with E-state index in [1.54, 1.807) is 29.2 Å². The molecule has 0 aliphatic rings. The lowest BCUT2D eigenvalue weighted by Gasteiger charge is -2.27. The Morgan fingerprint density at radius 1 is 0.857 bits per heavy atom. The first-order valence-corrected chi connectivity index (χ1v) is 9.36. The fourth-order valence-electron chi connectivity index (χ4n) is 2.91. The largest absolute Gasteiger partial charge is 0.480 e. The van der Waals surface area contributed by atoms with Crippen LogP contribution in [0.25, 0.3) is 0 Å². The summed E-state index contributed by atoms with van der Waals surface area (Å²) >= 11 is 0. The number of nitrogens with zero attached hydrogens (tertiary/aromatic N) is 2. The first-order chi connectivity index (χ1) is 13.4. The van der Waals surface area contributed by atoms with Crippen LogP contribution >= 0.6 is 0 Å². The van der Waals surface area contributed by atoms with E-state index in [4.69, 9.17) is 0 Å². The molecule has 0 fully saturated rings. The van der Waals surface area contributed by atoms with Crippen molar-refractivity contribution in [3.05, 3.63) is 71.3 Å². The predicted molar refractivity (Wildman–Crippen MR) is 107 cm³/mol. The van der Waals surface area contributed by atoms with E-state index in [-0.39, 0.29) is 18.4 Å². The van der Waals surface area contributed by atoms with Crippen LogP contribution in [0.1, 0.15) is 47.1 Å². The first-order valence-electron chi connectivity index (χ1n) is 9.36. The van der Waals surface area contributed by atoms with Gasteiger partial charge in [-0.1, -0.05) is 30.3 Å². The predicted octanol–water partition coefficient (Wildman–Crippen LogP) is 3.28. The van der Waals surface area contributed by atoms with E-state index < -0.39 is 12.0 Å². The number of carbonyl (C=O) groups is 3. The molecule has 6 heteroatoms. The maximum atomic E-state index is 13.0. The van der Waals surface area contributed by atoms with Gasteiger partial charge in [-0.05, 0) is 50.6 Å². The minimum Gasteiger partial charge on any atom is -0.480 e. The molecule has 0 bridgehead atoms. The molecule has 148 valence electrons. The van der Waals surface area contributed by atoms with Crippen molar-refractivity contribution in [2.75, 3.05) is 13.1 Å². The summed E-state index contributed by atoms with van der Waals surface area (Å²) < 4.78 is 0. The number of carboxylic acids is 1. The Hall–Kier alpha value is -3.15. The van der Waals surface area contributed by atoms with E-state index >= 15 is 0 Å². The van der Waals surface area contributed by atoms with Crippen LogP contribution < -0.4 is 0 Å². The van der Waals surface area contributed by atoms with Crippen LogP contribution in [0.15, 0.2) is 54.6 Å². The molecule has 1 N–H and O–H groups in total. The summed E-state index contributed by atoms with van der Waals surface area (Å²) in [7, 11) is 0. The Labute approximate surface area is 165 Å². The van der Waals surface area contributed by atoms with Gasteiger partial charge in [-0.25, -0.2) is 4.79 Å². The molecule has 0 aliphatic carbocycles. The molecular formula is C22H26N2O4. The Morgan fingerprint density at radius 3 is 1.82 bits per heavy atom. The molecule has 6 nitrogen and oxygen atoms in total. The molecule has 0 spiro atoms. The molecule has 2 aromatic rings. The Kier molecular flexibility index (Phi) is 7.32. The minimum atomic E-state index is -1.07. The lowest BCUT2D eigenvalue weighted by Crippen LogP contribution is -2.42. The van der Waals surface area contributed by atoms with Crippen molar-refractivity contribution in [3.63, 3.8) is 0 Å². The Bertz CT molecular complexity index is 814. The third-order valence-corrected chi connectivity index (χ3v) is 4.71. The molecule has 2 aromatic carbocycles. The first kappa shape index (κ1) is 21.2. The quantitative estimate of drug-likeness (QED) is 0.760. The van der Waals surface area contributed by atoms with Crippen molar-refractivity contribution in [1.82, 2.24) is 9.80 Å². The number of carbonyl (C=O) groups excluding carboxylic acids is 2. The van der Waals surface area contributed by atoms with Gasteiger partial charge in [0.15, 0.2) is 0 Å². The molecule has 0 radical (unpaired) electrons. The topological polar surface area (TPSA) is 77.9 Å². The lowest BCUT2D eigenvalue weighted by atomic mass is 10.1. The van der Waals surface area contributed by atoms with Crippen LogP contribution in [0.3, 0.4) is 0 Å². The van der Waals surface area contributed by atoms with E-state index in [9.17, 15) is 19.5 Å². The standard InChI is InChI=1S/C22H26N2O4/c1-4-23(5-2)20(25)18-11-13-19(14-12-18)21(26)24(16(3)22(27)28)15-17-9-7-6-8-10-17/h6-14,16H,4-5,15H2,1-3H3,(H,27,28). The number of rotatable bonds is 8. The molecule has 1 unspecified atom stereocenters. The molecule has 0 heterocycles. The Balaban J connectivity index is 2.26. The zero-order valence-corrected chi connectivity index (χ0v) is 16.5. The van der Waals surface area contributed by atoms with Crippen molar-refractivity contribution < 1.29 is 19.5 Å². The van der Waals surface area contributed by atoms with Crippen LogP contribution in [0.4, 0.5) is 0 Å². The maximum Gasteiger partial charge on any atom is 0.326 e. The summed E-state index contributed by atoms with van der Waals surface area (Å²) in [6.07, 6.45) is 0. The van der Waals surface area contributed by atoms with Gasteiger partial charge in [0.2, 0.25) is 0 Å². The van der Waals surface area contributed by atoms with E-state index in [1.165, 1.54) is 11.8 Å². The van der Waals surface area contributed by atoms with Gasteiger partial charge in [-0.3, -0.25) is 9.59 Å². The van der Waals surface area contributed by atoms with Gasteiger partial charge in [0.25, 0.3) is 11.8 Å². The second kappa shape index (κ2) is 9.69. The van der Waals surface area contributed by atoms with Crippen LogP contribution in [-0.2, 0) is 11.3 Å². The Morgan fingerprint density at radius 2 is 1.36 bits per heavy atom. The number of hydrogen-bond acceptors (Lipinski definition) is 3. The highest BCUT2D eigenvalue weighted by molar-refractivity contribution is 5.99. The summed E-state index contributed by atoms with van der Waals surface area (Å²) in [5.41, 5.74) is 1.69. The number of hydrogen-bond donors (Lipinski definition) is 1. The number of aliphatic carboxylic acids is 1. The molecule has 2 rings (SSSR count). The average molecular weight is 382 g/mol. The van der Waals surface area contributed by atoms with E-state index in [2.05, 4.69) is 0 Å². The smallest absolute Gasteiger partial charge is 0.326 e. The van der Waals surface area contributed by atoms with Gasteiger partial charge in [0.05, 0.1) is 0 Å². The summed E-state index contributed by atoms with van der Waals surface area (Å²) in [4.78, 5) is 39.9. The van der Waals surface area contributed by atoms with E-state index in [1.807, 2.05) is 44.2 Å². The van der Waals surface area contributed by atoms with Gasteiger partial charge in [0.1, 0.15) is 6.04 Å². The highest BCUT2D eigenvalue weighted by Gasteiger charge is 2.27. The van der Waals surface area contributed by atoms with Gasteiger partial charge in [0, 0.05) is 30.8 Å². The molecular weight excluding hydrogens is 356 g/mol. The van der Waals surface area contributed by atoms with E-state index in [0.29, 0.717) is 24.2 Å². The average Bonchev–Trinajstić information content (AvgIpc) is 2.72. The highest BCUT2D eigenvalue weighted by Crippen LogP contribution is 2.15.